The molecule has 19 heavy (non-hydrogen) atoms. The van der Waals surface area contributed by atoms with Crippen molar-refractivity contribution in [1.82, 2.24) is 9.97 Å². The van der Waals surface area contributed by atoms with Crippen molar-refractivity contribution in [2.24, 2.45) is 0 Å². The second-order valence-electron chi connectivity index (χ2n) is 4.26. The number of nitrogens with one attached hydrogen (secondary N) is 1. The number of benzene rings is 1. The number of aromatic nitrogens is 2. The van der Waals surface area contributed by atoms with Crippen LogP contribution in [0, 0.1) is 6.92 Å². The van der Waals surface area contributed by atoms with E-state index in [0.717, 1.165) is 10.4 Å². The summed E-state index contributed by atoms with van der Waals surface area (Å²) in [7, 11) is 0. The molecule has 0 atom stereocenters. The highest BCUT2D eigenvalue weighted by Gasteiger charge is 2.07. The highest BCUT2D eigenvalue weighted by molar-refractivity contribution is 7.15. The van der Waals surface area contributed by atoms with Crippen molar-refractivity contribution in [2.75, 3.05) is 0 Å². The maximum Gasteiger partial charge on any atom is 0.251 e. The molecule has 0 radical (unpaired) electrons. The Bertz CT molecular complexity index is 759. The van der Waals surface area contributed by atoms with Crippen molar-refractivity contribution >= 4 is 11.3 Å². The predicted molar refractivity (Wildman–Crippen MR) is 78.3 cm³/mol. The molecule has 0 bridgehead atoms. The zero-order valence-corrected chi connectivity index (χ0v) is 11.2. The Balaban J connectivity index is 2.14. The van der Waals surface area contributed by atoms with Crippen LogP contribution in [0.4, 0.5) is 0 Å². The number of nitrogens with zero attached hydrogens (tertiary/aromatic N) is 1. The van der Waals surface area contributed by atoms with Crippen molar-refractivity contribution in [1.29, 1.82) is 0 Å². The summed E-state index contributed by atoms with van der Waals surface area (Å²) in [6, 6.07) is 15.2. The molecule has 4 heteroatoms. The van der Waals surface area contributed by atoms with Gasteiger partial charge in [0, 0.05) is 16.5 Å². The summed E-state index contributed by atoms with van der Waals surface area (Å²) in [5.74, 6) is 0.629. The second kappa shape index (κ2) is 4.82. The van der Waals surface area contributed by atoms with Crippen molar-refractivity contribution in [3.05, 3.63) is 63.8 Å². The largest absolute Gasteiger partial charge is 0.306 e. The third-order valence-electron chi connectivity index (χ3n) is 2.78. The second-order valence-corrected chi connectivity index (χ2v) is 5.54. The van der Waals surface area contributed by atoms with Gasteiger partial charge in [-0.3, -0.25) is 4.79 Å². The molecule has 3 aromatic rings. The van der Waals surface area contributed by atoms with Crippen molar-refractivity contribution in [2.45, 2.75) is 6.92 Å². The number of rotatable bonds is 2. The van der Waals surface area contributed by atoms with E-state index in [1.54, 1.807) is 11.3 Å². The van der Waals surface area contributed by atoms with Crippen LogP contribution in [0.25, 0.3) is 22.0 Å². The standard InChI is InChI=1S/C15H12N2OS/c1-10-7-8-13(19-10)15-16-12(9-14(18)17-15)11-5-3-2-4-6-11/h2-9H,1H3,(H,16,17,18). The van der Waals surface area contributed by atoms with Crippen LogP contribution in [-0.4, -0.2) is 9.97 Å². The van der Waals surface area contributed by atoms with E-state index in [2.05, 4.69) is 9.97 Å². The maximum absolute atomic E-state index is 11.8. The minimum absolute atomic E-state index is 0.130. The number of aryl methyl sites for hydroxylation is 1. The molecule has 1 aromatic carbocycles. The minimum Gasteiger partial charge on any atom is -0.306 e. The van der Waals surface area contributed by atoms with Crippen molar-refractivity contribution in [3.8, 4) is 22.0 Å². The van der Waals surface area contributed by atoms with Crippen molar-refractivity contribution < 1.29 is 0 Å². The topological polar surface area (TPSA) is 45.8 Å². The Morgan fingerprint density at radius 2 is 1.89 bits per heavy atom. The molecule has 0 aliphatic carbocycles. The highest BCUT2D eigenvalue weighted by Crippen LogP contribution is 2.25. The van der Waals surface area contributed by atoms with Crippen LogP contribution in [0.1, 0.15) is 4.88 Å². The smallest absolute Gasteiger partial charge is 0.251 e. The quantitative estimate of drug-likeness (QED) is 0.773. The molecule has 0 fully saturated rings. The molecule has 1 N–H and O–H groups in total. The van der Waals surface area contributed by atoms with Gasteiger partial charge in [0.2, 0.25) is 0 Å². The van der Waals surface area contributed by atoms with E-state index in [1.807, 2.05) is 49.4 Å². The zero-order valence-electron chi connectivity index (χ0n) is 10.4. The van der Waals surface area contributed by atoms with Crippen LogP contribution in [-0.2, 0) is 0 Å². The van der Waals surface area contributed by atoms with Crippen LogP contribution < -0.4 is 5.56 Å². The minimum atomic E-state index is -0.130. The van der Waals surface area contributed by atoms with Crippen LogP contribution in [0.2, 0.25) is 0 Å². The first kappa shape index (κ1) is 11.9. The lowest BCUT2D eigenvalue weighted by Gasteiger charge is -2.02. The molecule has 3 rings (SSSR count). The van der Waals surface area contributed by atoms with Gasteiger partial charge in [-0.15, -0.1) is 11.3 Å². The Kier molecular flexibility index (Phi) is 3.01. The van der Waals surface area contributed by atoms with E-state index in [1.165, 1.54) is 10.9 Å². The molecule has 0 unspecified atom stereocenters. The summed E-state index contributed by atoms with van der Waals surface area (Å²) in [6.45, 7) is 2.04. The fraction of sp³-hybridized carbons (Fsp3) is 0.0667. The molecule has 0 spiro atoms. The van der Waals surface area contributed by atoms with E-state index in [9.17, 15) is 4.79 Å². The van der Waals surface area contributed by atoms with Gasteiger partial charge in [0.25, 0.3) is 5.56 Å². The van der Waals surface area contributed by atoms with Gasteiger partial charge < -0.3 is 4.98 Å². The van der Waals surface area contributed by atoms with Crippen LogP contribution in [0.3, 0.4) is 0 Å². The number of thiophene rings is 1. The summed E-state index contributed by atoms with van der Waals surface area (Å²) in [6.07, 6.45) is 0. The van der Waals surface area contributed by atoms with Gasteiger partial charge in [-0.2, -0.15) is 0 Å². The predicted octanol–water partition coefficient (Wildman–Crippen LogP) is 3.47. The average Bonchev–Trinajstić information content (AvgIpc) is 2.86. The van der Waals surface area contributed by atoms with E-state index in [0.29, 0.717) is 11.5 Å². The van der Waals surface area contributed by atoms with Crippen LogP contribution in [0.5, 0.6) is 0 Å². The molecular weight excluding hydrogens is 256 g/mol. The molecule has 0 aliphatic heterocycles. The lowest BCUT2D eigenvalue weighted by Crippen LogP contribution is -2.08. The number of hydrogen-bond acceptors (Lipinski definition) is 3. The summed E-state index contributed by atoms with van der Waals surface area (Å²) >= 11 is 1.62. The first-order chi connectivity index (χ1) is 9.22. The molecule has 2 aromatic heterocycles. The molecule has 94 valence electrons. The van der Waals surface area contributed by atoms with Gasteiger partial charge in [0.15, 0.2) is 5.82 Å². The van der Waals surface area contributed by atoms with Crippen LogP contribution >= 0.6 is 11.3 Å². The number of hydrogen-bond donors (Lipinski definition) is 1. The molecule has 0 aliphatic rings. The van der Waals surface area contributed by atoms with Gasteiger partial charge in [-0.05, 0) is 19.1 Å². The lowest BCUT2D eigenvalue weighted by molar-refractivity contribution is 1.14. The Hall–Kier alpha value is -2.20. The summed E-state index contributed by atoms with van der Waals surface area (Å²) in [4.78, 5) is 21.3. The molecule has 2 heterocycles. The summed E-state index contributed by atoms with van der Waals surface area (Å²) < 4.78 is 0. The summed E-state index contributed by atoms with van der Waals surface area (Å²) in [5.41, 5.74) is 1.52. The first-order valence-corrected chi connectivity index (χ1v) is 6.77. The Morgan fingerprint density at radius 1 is 1.11 bits per heavy atom. The van der Waals surface area contributed by atoms with Crippen molar-refractivity contribution in [3.63, 3.8) is 0 Å². The molecule has 0 saturated carbocycles. The van der Waals surface area contributed by atoms with E-state index in [4.69, 9.17) is 0 Å². The fourth-order valence-corrected chi connectivity index (χ4v) is 2.71. The van der Waals surface area contributed by atoms with E-state index >= 15 is 0 Å². The van der Waals surface area contributed by atoms with E-state index < -0.39 is 0 Å². The Morgan fingerprint density at radius 3 is 2.58 bits per heavy atom. The monoisotopic (exact) mass is 268 g/mol. The average molecular weight is 268 g/mol. The lowest BCUT2D eigenvalue weighted by atomic mass is 10.1. The first-order valence-electron chi connectivity index (χ1n) is 5.96. The van der Waals surface area contributed by atoms with Gasteiger partial charge in [0.05, 0.1) is 10.6 Å². The third kappa shape index (κ3) is 2.48. The number of H-pyrrole nitrogens is 1. The van der Waals surface area contributed by atoms with E-state index in [-0.39, 0.29) is 5.56 Å². The van der Waals surface area contributed by atoms with Gasteiger partial charge in [0.1, 0.15) is 0 Å². The van der Waals surface area contributed by atoms with Crippen LogP contribution in [0.15, 0.2) is 53.3 Å². The number of aromatic amines is 1. The normalized spacial score (nSPS) is 10.6. The van der Waals surface area contributed by atoms with Gasteiger partial charge in [-0.25, -0.2) is 4.98 Å². The molecule has 3 nitrogen and oxygen atoms in total. The summed E-state index contributed by atoms with van der Waals surface area (Å²) in [5, 5.41) is 0. The third-order valence-corrected chi connectivity index (χ3v) is 3.79. The molecule has 0 amide bonds. The Labute approximate surface area is 114 Å². The SMILES string of the molecule is Cc1ccc(-c2nc(-c3ccccc3)cc(=O)[nH]2)s1. The van der Waals surface area contributed by atoms with Gasteiger partial charge >= 0.3 is 0 Å². The fourth-order valence-electron chi connectivity index (χ4n) is 1.89. The maximum atomic E-state index is 11.8. The zero-order chi connectivity index (χ0) is 13.2. The van der Waals surface area contributed by atoms with Gasteiger partial charge in [-0.1, -0.05) is 30.3 Å². The molecular formula is C15H12N2OS. The highest BCUT2D eigenvalue weighted by atomic mass is 32.1. The molecule has 0 saturated heterocycles.